The van der Waals surface area contributed by atoms with Crippen LogP contribution in [0.4, 0.5) is 10.7 Å². The second-order valence-corrected chi connectivity index (χ2v) is 9.71. The summed E-state index contributed by atoms with van der Waals surface area (Å²) in [7, 11) is 0. The van der Waals surface area contributed by atoms with Crippen LogP contribution >= 0.6 is 11.6 Å². The average Bonchev–Trinajstić information content (AvgIpc) is 3.10. The van der Waals surface area contributed by atoms with Gasteiger partial charge in [-0.3, -0.25) is 0 Å². The van der Waals surface area contributed by atoms with Crippen LogP contribution in [-0.4, -0.2) is 45.3 Å². The summed E-state index contributed by atoms with van der Waals surface area (Å²) in [6.07, 6.45) is 2.80. The number of carbonyl (C=O) groups excluding carboxylic acids is 1. The van der Waals surface area contributed by atoms with Crippen LogP contribution < -0.4 is 5.32 Å². The Morgan fingerprint density at radius 2 is 1.91 bits per heavy atom. The molecule has 1 amide bonds. The van der Waals surface area contributed by atoms with Gasteiger partial charge in [0.1, 0.15) is 5.60 Å². The van der Waals surface area contributed by atoms with Gasteiger partial charge < -0.3 is 19.5 Å². The molecule has 1 unspecified atom stereocenters. The summed E-state index contributed by atoms with van der Waals surface area (Å²) in [5.41, 5.74) is 2.50. The molecule has 0 bridgehead atoms. The number of benzene rings is 2. The van der Waals surface area contributed by atoms with Crippen LogP contribution in [0.15, 0.2) is 48.5 Å². The number of nitrogens with zero attached hydrogens (tertiary/aromatic N) is 3. The number of amides is 1. The van der Waals surface area contributed by atoms with Crippen molar-refractivity contribution in [2.45, 2.75) is 58.2 Å². The topological polar surface area (TPSA) is 59.4 Å². The number of para-hydroxylation sites is 2. The lowest BCUT2D eigenvalue weighted by molar-refractivity contribution is 0.0114. The maximum atomic E-state index is 12.8. The van der Waals surface area contributed by atoms with E-state index in [-0.39, 0.29) is 12.1 Å². The zero-order valence-corrected chi connectivity index (χ0v) is 19.7. The highest BCUT2D eigenvalue weighted by atomic mass is 35.5. The number of ether oxygens (including phenoxy) is 1. The molecule has 1 saturated heterocycles. The van der Waals surface area contributed by atoms with E-state index in [1.807, 2.05) is 68.1 Å². The van der Waals surface area contributed by atoms with Crippen molar-refractivity contribution in [3.05, 3.63) is 59.1 Å². The Hall–Kier alpha value is -2.73. The Morgan fingerprint density at radius 3 is 2.69 bits per heavy atom. The summed E-state index contributed by atoms with van der Waals surface area (Å²) in [4.78, 5) is 19.5. The largest absolute Gasteiger partial charge is 0.444 e. The van der Waals surface area contributed by atoms with Crippen LogP contribution in [0.25, 0.3) is 11.0 Å². The number of likely N-dealkylation sites (tertiary alicyclic amines) is 1. The molecule has 1 aliphatic heterocycles. The Kier molecular flexibility index (Phi) is 6.60. The Labute approximate surface area is 194 Å². The highest BCUT2D eigenvalue weighted by molar-refractivity contribution is 6.31. The van der Waals surface area contributed by atoms with E-state index < -0.39 is 5.60 Å². The number of imidazole rings is 1. The van der Waals surface area contributed by atoms with Crippen molar-refractivity contribution in [3.8, 4) is 0 Å². The van der Waals surface area contributed by atoms with E-state index in [1.54, 1.807) is 0 Å². The van der Waals surface area contributed by atoms with Crippen LogP contribution in [0.1, 0.15) is 45.6 Å². The fourth-order valence-corrected chi connectivity index (χ4v) is 4.35. The quantitative estimate of drug-likeness (QED) is 0.518. The van der Waals surface area contributed by atoms with Gasteiger partial charge in [0.2, 0.25) is 5.95 Å². The molecule has 4 rings (SSSR count). The number of fused-ring (bicyclic) bond motifs is 1. The summed E-state index contributed by atoms with van der Waals surface area (Å²) in [6, 6.07) is 16.0. The van der Waals surface area contributed by atoms with Crippen LogP contribution in [0.2, 0.25) is 5.02 Å². The summed E-state index contributed by atoms with van der Waals surface area (Å²) < 4.78 is 7.80. The molecular formula is C25H31ClN4O2. The minimum atomic E-state index is -0.505. The molecule has 7 heteroatoms. The molecule has 0 aliphatic carbocycles. The first-order valence-electron chi connectivity index (χ1n) is 11.2. The summed E-state index contributed by atoms with van der Waals surface area (Å²) in [5, 5.41) is 4.25. The number of aromatic nitrogens is 2. The van der Waals surface area contributed by atoms with E-state index in [0.29, 0.717) is 13.1 Å². The Balaban J connectivity index is 1.56. The zero-order valence-electron chi connectivity index (χ0n) is 19.0. The van der Waals surface area contributed by atoms with Crippen molar-refractivity contribution in [2.24, 2.45) is 0 Å². The Bertz CT molecular complexity index is 1090. The van der Waals surface area contributed by atoms with Crippen molar-refractivity contribution in [3.63, 3.8) is 0 Å². The summed E-state index contributed by atoms with van der Waals surface area (Å²) in [5.74, 6) is 0.779. The molecule has 1 atom stereocenters. The highest BCUT2D eigenvalue weighted by Gasteiger charge is 2.30. The standard InChI is InChI=1S/C25H31ClN4O2/c1-25(2,3)32-24(31)29-15-9-8-11-19(29)16-27-23-28-21-13-6-7-14-22(21)30(23)17-18-10-4-5-12-20(18)26/h4-7,10,12-14,19H,8-9,11,15-17H2,1-3H3,(H,27,28). The first-order valence-corrected chi connectivity index (χ1v) is 11.6. The molecule has 32 heavy (non-hydrogen) atoms. The van der Waals surface area contributed by atoms with Crippen molar-refractivity contribution in [1.82, 2.24) is 14.5 Å². The van der Waals surface area contributed by atoms with Crippen molar-refractivity contribution in [2.75, 3.05) is 18.4 Å². The number of hydrogen-bond donors (Lipinski definition) is 1. The van der Waals surface area contributed by atoms with Gasteiger partial charge in [0, 0.05) is 18.1 Å². The second-order valence-electron chi connectivity index (χ2n) is 9.31. The van der Waals surface area contributed by atoms with E-state index in [4.69, 9.17) is 21.3 Å². The highest BCUT2D eigenvalue weighted by Crippen LogP contribution is 2.25. The van der Waals surface area contributed by atoms with Gasteiger partial charge in [-0.2, -0.15) is 0 Å². The molecule has 170 valence electrons. The molecule has 1 aliphatic rings. The normalized spacial score (nSPS) is 16.9. The molecule has 0 radical (unpaired) electrons. The zero-order chi connectivity index (χ0) is 22.7. The fourth-order valence-electron chi connectivity index (χ4n) is 4.15. The maximum absolute atomic E-state index is 12.8. The minimum Gasteiger partial charge on any atom is -0.444 e. The average molecular weight is 455 g/mol. The molecule has 0 spiro atoms. The molecule has 1 fully saturated rings. The third kappa shape index (κ3) is 5.18. The van der Waals surface area contributed by atoms with Gasteiger partial charge in [0.05, 0.1) is 23.6 Å². The third-order valence-corrected chi connectivity index (χ3v) is 6.06. The molecule has 6 nitrogen and oxygen atoms in total. The number of hydrogen-bond acceptors (Lipinski definition) is 4. The number of piperidine rings is 1. The molecule has 3 aromatic rings. The number of halogens is 1. The van der Waals surface area contributed by atoms with Gasteiger partial charge in [-0.25, -0.2) is 9.78 Å². The fraction of sp³-hybridized carbons (Fsp3) is 0.440. The van der Waals surface area contributed by atoms with Crippen LogP contribution in [0.5, 0.6) is 0 Å². The van der Waals surface area contributed by atoms with Crippen molar-refractivity contribution < 1.29 is 9.53 Å². The van der Waals surface area contributed by atoms with E-state index in [1.165, 1.54) is 0 Å². The molecule has 1 aromatic heterocycles. The van der Waals surface area contributed by atoms with E-state index in [0.717, 1.165) is 53.4 Å². The van der Waals surface area contributed by atoms with E-state index in [2.05, 4.69) is 16.0 Å². The van der Waals surface area contributed by atoms with Gasteiger partial charge >= 0.3 is 6.09 Å². The van der Waals surface area contributed by atoms with Gasteiger partial charge in [0.15, 0.2) is 0 Å². The number of nitrogens with one attached hydrogen (secondary N) is 1. The third-order valence-electron chi connectivity index (χ3n) is 5.69. The van der Waals surface area contributed by atoms with Gasteiger partial charge in [-0.05, 0) is 63.8 Å². The second kappa shape index (κ2) is 9.41. The molecule has 1 N–H and O–H groups in total. The van der Waals surface area contributed by atoms with Crippen molar-refractivity contribution >= 4 is 34.7 Å². The lowest BCUT2D eigenvalue weighted by Crippen LogP contribution is -2.49. The van der Waals surface area contributed by atoms with Crippen LogP contribution in [0.3, 0.4) is 0 Å². The lowest BCUT2D eigenvalue weighted by atomic mass is 10.0. The monoisotopic (exact) mass is 454 g/mol. The summed E-state index contributed by atoms with van der Waals surface area (Å²) >= 11 is 6.44. The molecule has 0 saturated carbocycles. The minimum absolute atomic E-state index is 0.0622. The lowest BCUT2D eigenvalue weighted by Gasteiger charge is -2.36. The van der Waals surface area contributed by atoms with Gasteiger partial charge in [-0.1, -0.05) is 41.9 Å². The molecular weight excluding hydrogens is 424 g/mol. The smallest absolute Gasteiger partial charge is 0.410 e. The number of anilines is 1. The van der Waals surface area contributed by atoms with Gasteiger partial charge in [-0.15, -0.1) is 0 Å². The maximum Gasteiger partial charge on any atom is 0.410 e. The SMILES string of the molecule is CC(C)(C)OC(=O)N1CCCCC1CNc1nc2ccccc2n1Cc1ccccc1Cl. The van der Waals surface area contributed by atoms with Crippen molar-refractivity contribution in [1.29, 1.82) is 0 Å². The van der Waals surface area contributed by atoms with Gasteiger partial charge in [0.25, 0.3) is 0 Å². The first-order chi connectivity index (χ1) is 15.3. The summed E-state index contributed by atoms with van der Waals surface area (Å²) in [6.45, 7) is 7.66. The molecule has 2 aromatic carbocycles. The van der Waals surface area contributed by atoms with Crippen LogP contribution in [0, 0.1) is 0 Å². The number of carbonyl (C=O) groups is 1. The first kappa shape index (κ1) is 22.5. The van der Waals surface area contributed by atoms with E-state index in [9.17, 15) is 4.79 Å². The molecule has 2 heterocycles. The number of rotatable bonds is 5. The van der Waals surface area contributed by atoms with E-state index >= 15 is 0 Å². The predicted octanol–water partition coefficient (Wildman–Crippen LogP) is 5.94. The Morgan fingerprint density at radius 1 is 1.16 bits per heavy atom. The predicted molar refractivity (Wildman–Crippen MR) is 129 cm³/mol. The van der Waals surface area contributed by atoms with Crippen LogP contribution in [-0.2, 0) is 11.3 Å².